The number of rotatable bonds is 4. The number of nitrogens with one attached hydrogen (secondary N) is 2. The summed E-state index contributed by atoms with van der Waals surface area (Å²) in [5.41, 5.74) is 3.20. The van der Waals surface area contributed by atoms with Crippen molar-refractivity contribution in [3.8, 4) is 17.1 Å². The molecule has 1 atom stereocenters. The van der Waals surface area contributed by atoms with E-state index in [1.54, 1.807) is 22.9 Å². The van der Waals surface area contributed by atoms with Gasteiger partial charge in [0, 0.05) is 18.8 Å². The minimum atomic E-state index is -5.08. The van der Waals surface area contributed by atoms with Crippen LogP contribution in [-0.4, -0.2) is 56.2 Å². The van der Waals surface area contributed by atoms with Gasteiger partial charge in [-0.25, -0.2) is 14.5 Å². The molecule has 33 heavy (non-hydrogen) atoms. The van der Waals surface area contributed by atoms with Gasteiger partial charge >= 0.3 is 12.1 Å². The summed E-state index contributed by atoms with van der Waals surface area (Å²) in [4.78, 5) is 25.3. The number of alkyl halides is 3. The molecule has 1 aromatic carbocycles. The Hall–Kier alpha value is -3.32. The zero-order valence-corrected chi connectivity index (χ0v) is 18.5. The molecule has 0 spiro atoms. The number of nitrogens with zero attached hydrogens (tertiary/aromatic N) is 4. The summed E-state index contributed by atoms with van der Waals surface area (Å²) in [6.45, 7) is 5.14. The lowest BCUT2D eigenvalue weighted by Gasteiger charge is -2.26. The number of amides is 1. The minimum Gasteiger partial charge on any atom is -0.475 e. The number of aliphatic carboxylic acids is 1. The van der Waals surface area contributed by atoms with Gasteiger partial charge in [0.15, 0.2) is 0 Å². The highest BCUT2D eigenvalue weighted by Gasteiger charge is 2.39. The van der Waals surface area contributed by atoms with Crippen LogP contribution in [0.3, 0.4) is 0 Å². The van der Waals surface area contributed by atoms with E-state index < -0.39 is 17.7 Å². The van der Waals surface area contributed by atoms with Crippen LogP contribution in [0.25, 0.3) is 17.1 Å². The summed E-state index contributed by atoms with van der Waals surface area (Å²) in [5, 5.41) is 24.9. The molecule has 0 saturated carbocycles. The Morgan fingerprint density at radius 3 is 2.61 bits per heavy atom. The number of hydrogen-bond acceptors (Lipinski definition) is 7. The summed E-state index contributed by atoms with van der Waals surface area (Å²) in [7, 11) is 0. The highest BCUT2D eigenvalue weighted by atomic mass is 32.1. The molecule has 1 aliphatic heterocycles. The molecule has 0 aliphatic carbocycles. The first-order valence-electron chi connectivity index (χ1n) is 9.75. The van der Waals surface area contributed by atoms with Crippen molar-refractivity contribution in [2.45, 2.75) is 32.0 Å². The Bertz CT molecular complexity index is 1140. The molecule has 1 amide bonds. The van der Waals surface area contributed by atoms with Gasteiger partial charge in [-0.1, -0.05) is 17.3 Å². The predicted octanol–water partition coefficient (Wildman–Crippen LogP) is 2.66. The fourth-order valence-electron chi connectivity index (χ4n) is 3.26. The van der Waals surface area contributed by atoms with E-state index in [2.05, 4.69) is 27.0 Å². The average Bonchev–Trinajstić information content (AvgIpc) is 3.48. The molecule has 1 aliphatic rings. The zero-order chi connectivity index (χ0) is 24.2. The van der Waals surface area contributed by atoms with E-state index in [9.17, 15) is 18.0 Å². The smallest absolute Gasteiger partial charge is 0.475 e. The molecule has 1 unspecified atom stereocenters. The molecule has 4 rings (SSSR count). The van der Waals surface area contributed by atoms with Crippen LogP contribution >= 0.6 is 11.3 Å². The maximum absolute atomic E-state index is 11.7. The van der Waals surface area contributed by atoms with Crippen LogP contribution in [0.15, 0.2) is 35.8 Å². The van der Waals surface area contributed by atoms with Gasteiger partial charge in [0.05, 0.1) is 11.9 Å². The van der Waals surface area contributed by atoms with E-state index in [-0.39, 0.29) is 5.91 Å². The number of carbonyl (C=O) groups is 2. The highest BCUT2D eigenvalue weighted by Crippen LogP contribution is 2.33. The lowest BCUT2D eigenvalue weighted by molar-refractivity contribution is -0.192. The number of hydrogen-bond donors (Lipinski definition) is 3. The van der Waals surface area contributed by atoms with Crippen LogP contribution in [0.5, 0.6) is 0 Å². The predicted molar refractivity (Wildman–Crippen MR) is 114 cm³/mol. The molecular weight excluding hydrogens is 461 g/mol. The first kappa shape index (κ1) is 24.3. The Morgan fingerprint density at radius 1 is 1.30 bits per heavy atom. The molecule has 13 heteroatoms. The standard InChI is InChI=1S/C18H20N6OS.C2HF3O2/c1-12-4-3-5-14(8-12)24-9-15(22-23-24)16-10-26-17(20-16)18(21-13(2)25)6-7-19-11-18;3-2(4,5)1(6)7/h3-5,8-10,19H,6-7,11H2,1-2H3,(H,21,25);(H,6,7). The van der Waals surface area contributed by atoms with Crippen molar-refractivity contribution in [3.63, 3.8) is 0 Å². The third-order valence-corrected chi connectivity index (χ3v) is 5.80. The van der Waals surface area contributed by atoms with Crippen molar-refractivity contribution in [1.82, 2.24) is 30.6 Å². The summed E-state index contributed by atoms with van der Waals surface area (Å²) in [6.07, 6.45) is -2.37. The summed E-state index contributed by atoms with van der Waals surface area (Å²) in [6, 6.07) is 8.09. The number of aromatic nitrogens is 4. The molecule has 176 valence electrons. The number of halogens is 3. The molecule has 9 nitrogen and oxygen atoms in total. The summed E-state index contributed by atoms with van der Waals surface area (Å²) >= 11 is 1.55. The lowest BCUT2D eigenvalue weighted by Crippen LogP contribution is -2.46. The number of aryl methyl sites for hydroxylation is 1. The first-order chi connectivity index (χ1) is 15.5. The topological polar surface area (TPSA) is 122 Å². The van der Waals surface area contributed by atoms with Gasteiger partial charge in [-0.05, 0) is 37.6 Å². The van der Waals surface area contributed by atoms with Crippen molar-refractivity contribution in [1.29, 1.82) is 0 Å². The van der Waals surface area contributed by atoms with Crippen LogP contribution in [0.1, 0.15) is 23.9 Å². The number of benzene rings is 1. The summed E-state index contributed by atoms with van der Waals surface area (Å²) < 4.78 is 33.5. The number of carbonyl (C=O) groups excluding carboxylic acids is 1. The van der Waals surface area contributed by atoms with Gasteiger partial charge in [0.1, 0.15) is 21.9 Å². The molecule has 3 N–H and O–H groups in total. The van der Waals surface area contributed by atoms with Crippen molar-refractivity contribution in [2.75, 3.05) is 13.1 Å². The van der Waals surface area contributed by atoms with Crippen LogP contribution in [0.2, 0.25) is 0 Å². The molecule has 2 aromatic heterocycles. The third kappa shape index (κ3) is 5.93. The van der Waals surface area contributed by atoms with E-state index in [0.717, 1.165) is 35.0 Å². The fourth-order valence-corrected chi connectivity index (χ4v) is 4.26. The Labute approximate surface area is 190 Å². The second kappa shape index (κ2) is 9.67. The van der Waals surface area contributed by atoms with Crippen molar-refractivity contribution >= 4 is 23.2 Å². The Morgan fingerprint density at radius 2 is 2.03 bits per heavy atom. The number of carboxylic acid groups (broad SMARTS) is 1. The fraction of sp³-hybridized carbons (Fsp3) is 0.350. The van der Waals surface area contributed by atoms with Gasteiger partial charge in [-0.2, -0.15) is 13.2 Å². The van der Waals surface area contributed by atoms with Gasteiger partial charge in [-0.3, -0.25) is 4.79 Å². The zero-order valence-electron chi connectivity index (χ0n) is 17.7. The second-order valence-corrected chi connectivity index (χ2v) is 8.28. The molecule has 3 aromatic rings. The number of thiazole rings is 1. The van der Waals surface area contributed by atoms with Gasteiger partial charge in [0.25, 0.3) is 0 Å². The van der Waals surface area contributed by atoms with Crippen molar-refractivity contribution in [2.24, 2.45) is 0 Å². The van der Waals surface area contributed by atoms with Crippen molar-refractivity contribution < 1.29 is 27.9 Å². The lowest BCUT2D eigenvalue weighted by atomic mass is 9.99. The highest BCUT2D eigenvalue weighted by molar-refractivity contribution is 7.10. The SMILES string of the molecule is CC(=O)NC1(c2nc(-c3cn(-c4cccc(C)c4)nn3)cs2)CCNC1.O=C(O)C(F)(F)F. The van der Waals surface area contributed by atoms with Crippen LogP contribution < -0.4 is 10.6 Å². The van der Waals surface area contributed by atoms with E-state index in [0.29, 0.717) is 6.54 Å². The summed E-state index contributed by atoms with van der Waals surface area (Å²) in [5.74, 6) is -2.80. The molecule has 0 bridgehead atoms. The quantitative estimate of drug-likeness (QED) is 0.523. The van der Waals surface area contributed by atoms with Gasteiger partial charge in [0.2, 0.25) is 5.91 Å². The van der Waals surface area contributed by atoms with Gasteiger partial charge in [-0.15, -0.1) is 16.4 Å². The Balaban J connectivity index is 0.000000383. The van der Waals surface area contributed by atoms with E-state index in [1.165, 1.54) is 5.56 Å². The van der Waals surface area contributed by atoms with Crippen molar-refractivity contribution in [3.05, 3.63) is 46.4 Å². The molecule has 3 heterocycles. The molecule has 0 radical (unpaired) electrons. The van der Waals surface area contributed by atoms with E-state index in [1.807, 2.05) is 36.7 Å². The minimum absolute atomic E-state index is 0.0455. The third-order valence-electron chi connectivity index (χ3n) is 4.75. The van der Waals surface area contributed by atoms with Crippen LogP contribution in [0.4, 0.5) is 13.2 Å². The normalized spacial score (nSPS) is 17.8. The average molecular weight is 482 g/mol. The molecular formula is C20H21F3N6O3S. The van der Waals surface area contributed by atoms with Crippen LogP contribution in [-0.2, 0) is 15.1 Å². The van der Waals surface area contributed by atoms with Crippen LogP contribution in [0, 0.1) is 6.92 Å². The first-order valence-corrected chi connectivity index (χ1v) is 10.6. The molecule has 1 saturated heterocycles. The largest absolute Gasteiger partial charge is 0.490 e. The maximum Gasteiger partial charge on any atom is 0.490 e. The Kier molecular flexibility index (Phi) is 7.12. The number of carboxylic acids is 1. The maximum atomic E-state index is 11.7. The van der Waals surface area contributed by atoms with E-state index >= 15 is 0 Å². The monoisotopic (exact) mass is 482 g/mol. The second-order valence-electron chi connectivity index (χ2n) is 7.42. The van der Waals surface area contributed by atoms with Gasteiger partial charge < -0.3 is 15.7 Å². The molecule has 1 fully saturated rings. The van der Waals surface area contributed by atoms with E-state index in [4.69, 9.17) is 14.9 Å².